The molecule has 0 aromatic heterocycles. The Labute approximate surface area is 76.1 Å². The van der Waals surface area contributed by atoms with E-state index in [0.29, 0.717) is 0 Å². The molecule has 2 heteroatoms. The summed E-state index contributed by atoms with van der Waals surface area (Å²) in [5.74, 6) is 0. The maximum atomic E-state index is 3.53. The fourth-order valence-electron chi connectivity index (χ4n) is 1.32. The molecule has 12 heavy (non-hydrogen) atoms. The van der Waals surface area contributed by atoms with Gasteiger partial charge in [-0.2, -0.15) is 0 Å². The maximum absolute atomic E-state index is 3.53. The van der Waals surface area contributed by atoms with E-state index in [1.807, 2.05) is 0 Å². The van der Waals surface area contributed by atoms with Gasteiger partial charge in [-0.25, -0.2) is 0 Å². The first kappa shape index (κ1) is 10.0. The van der Waals surface area contributed by atoms with Crippen molar-refractivity contribution in [2.24, 2.45) is 0 Å². The summed E-state index contributed by atoms with van der Waals surface area (Å²) in [4.78, 5) is 0. The van der Waals surface area contributed by atoms with Gasteiger partial charge in [0, 0.05) is 6.04 Å². The van der Waals surface area contributed by atoms with Crippen molar-refractivity contribution in [3.8, 4) is 0 Å². The van der Waals surface area contributed by atoms with E-state index in [9.17, 15) is 0 Å². The Balaban J connectivity index is 1.65. The molecule has 2 nitrogen and oxygen atoms in total. The topological polar surface area (TPSA) is 24.1 Å². The lowest BCUT2D eigenvalue weighted by molar-refractivity contribution is 0.577. The standard InChI is InChI=1S/C10H22N2/c1-2-11-8-4-3-5-9-12-10-6-7-10/h10-12H,2-9H2,1H3. The molecule has 0 aliphatic heterocycles. The first-order valence-corrected chi connectivity index (χ1v) is 5.37. The monoisotopic (exact) mass is 170 g/mol. The van der Waals surface area contributed by atoms with Crippen LogP contribution in [0, 0.1) is 0 Å². The molecule has 0 aromatic rings. The molecule has 0 spiro atoms. The summed E-state index contributed by atoms with van der Waals surface area (Å²) in [7, 11) is 0. The van der Waals surface area contributed by atoms with Crippen LogP contribution in [0.3, 0.4) is 0 Å². The maximum Gasteiger partial charge on any atom is 0.00682 e. The summed E-state index contributed by atoms with van der Waals surface area (Å²) < 4.78 is 0. The van der Waals surface area contributed by atoms with E-state index in [0.717, 1.165) is 12.6 Å². The zero-order chi connectivity index (χ0) is 8.65. The van der Waals surface area contributed by atoms with Crippen LogP contribution in [0.25, 0.3) is 0 Å². The third-order valence-electron chi connectivity index (χ3n) is 2.29. The minimum Gasteiger partial charge on any atom is -0.317 e. The van der Waals surface area contributed by atoms with Crippen molar-refractivity contribution in [1.29, 1.82) is 0 Å². The molecule has 0 unspecified atom stereocenters. The van der Waals surface area contributed by atoms with Crippen molar-refractivity contribution in [3.63, 3.8) is 0 Å². The Morgan fingerprint density at radius 3 is 2.50 bits per heavy atom. The molecule has 1 fully saturated rings. The fraction of sp³-hybridized carbons (Fsp3) is 1.00. The highest BCUT2D eigenvalue weighted by Gasteiger charge is 2.19. The lowest BCUT2D eigenvalue weighted by Crippen LogP contribution is -2.18. The fourth-order valence-corrected chi connectivity index (χ4v) is 1.32. The van der Waals surface area contributed by atoms with Crippen LogP contribution in [0.15, 0.2) is 0 Å². The minimum absolute atomic E-state index is 0.888. The predicted octanol–water partition coefficient (Wildman–Crippen LogP) is 1.52. The van der Waals surface area contributed by atoms with Gasteiger partial charge in [0.1, 0.15) is 0 Å². The van der Waals surface area contributed by atoms with Gasteiger partial charge in [-0.15, -0.1) is 0 Å². The summed E-state index contributed by atoms with van der Waals surface area (Å²) >= 11 is 0. The van der Waals surface area contributed by atoms with Gasteiger partial charge in [0.2, 0.25) is 0 Å². The highest BCUT2D eigenvalue weighted by molar-refractivity contribution is 4.80. The Kier molecular flexibility index (Phi) is 5.37. The summed E-state index contributed by atoms with van der Waals surface area (Å²) in [6.07, 6.45) is 6.88. The van der Waals surface area contributed by atoms with Crippen molar-refractivity contribution >= 4 is 0 Å². The van der Waals surface area contributed by atoms with Gasteiger partial charge in [-0.3, -0.25) is 0 Å². The predicted molar refractivity (Wildman–Crippen MR) is 53.4 cm³/mol. The normalized spacial score (nSPS) is 16.8. The molecule has 0 aromatic carbocycles. The SMILES string of the molecule is CCNCCCCCNC1CC1. The van der Waals surface area contributed by atoms with Gasteiger partial charge in [-0.1, -0.05) is 13.3 Å². The van der Waals surface area contributed by atoms with Crippen LogP contribution < -0.4 is 10.6 Å². The number of hydrogen-bond donors (Lipinski definition) is 2. The molecular weight excluding hydrogens is 148 g/mol. The van der Waals surface area contributed by atoms with Crippen LogP contribution in [-0.4, -0.2) is 25.7 Å². The van der Waals surface area contributed by atoms with Crippen molar-refractivity contribution < 1.29 is 0 Å². The van der Waals surface area contributed by atoms with Crippen molar-refractivity contribution in [1.82, 2.24) is 10.6 Å². The lowest BCUT2D eigenvalue weighted by Gasteiger charge is -2.02. The Morgan fingerprint density at radius 1 is 1.08 bits per heavy atom. The van der Waals surface area contributed by atoms with Crippen molar-refractivity contribution in [2.75, 3.05) is 19.6 Å². The van der Waals surface area contributed by atoms with E-state index in [4.69, 9.17) is 0 Å². The van der Waals surface area contributed by atoms with E-state index in [2.05, 4.69) is 17.6 Å². The number of hydrogen-bond acceptors (Lipinski definition) is 2. The molecule has 0 radical (unpaired) electrons. The van der Waals surface area contributed by atoms with Gasteiger partial charge in [0.15, 0.2) is 0 Å². The smallest absolute Gasteiger partial charge is 0.00682 e. The molecule has 1 aliphatic carbocycles. The molecule has 72 valence electrons. The molecule has 0 heterocycles. The number of nitrogens with one attached hydrogen (secondary N) is 2. The Morgan fingerprint density at radius 2 is 1.83 bits per heavy atom. The quantitative estimate of drug-likeness (QED) is 0.540. The van der Waals surface area contributed by atoms with Gasteiger partial charge in [0.05, 0.1) is 0 Å². The summed E-state index contributed by atoms with van der Waals surface area (Å²) in [5, 5.41) is 6.87. The molecule has 1 saturated carbocycles. The minimum atomic E-state index is 0.888. The Bertz CT molecular complexity index is 100. The number of unbranched alkanes of at least 4 members (excludes halogenated alkanes) is 2. The zero-order valence-electron chi connectivity index (χ0n) is 8.23. The van der Waals surface area contributed by atoms with Gasteiger partial charge >= 0.3 is 0 Å². The average Bonchev–Trinajstić information content (AvgIpc) is 2.87. The summed E-state index contributed by atoms with van der Waals surface area (Å²) in [6.45, 7) is 5.70. The lowest BCUT2D eigenvalue weighted by atomic mass is 10.2. The van der Waals surface area contributed by atoms with Crippen LogP contribution >= 0.6 is 0 Å². The molecule has 1 rings (SSSR count). The van der Waals surface area contributed by atoms with Crippen LogP contribution in [-0.2, 0) is 0 Å². The highest BCUT2D eigenvalue weighted by atomic mass is 14.9. The molecule has 0 amide bonds. The van der Waals surface area contributed by atoms with Crippen LogP contribution in [0.5, 0.6) is 0 Å². The van der Waals surface area contributed by atoms with Gasteiger partial charge in [0.25, 0.3) is 0 Å². The molecule has 0 bridgehead atoms. The molecular formula is C10H22N2. The number of rotatable bonds is 8. The van der Waals surface area contributed by atoms with E-state index < -0.39 is 0 Å². The summed E-state index contributed by atoms with van der Waals surface area (Å²) in [6, 6.07) is 0.888. The van der Waals surface area contributed by atoms with E-state index >= 15 is 0 Å². The van der Waals surface area contributed by atoms with E-state index in [1.165, 1.54) is 45.2 Å². The second-order valence-corrected chi connectivity index (χ2v) is 3.64. The van der Waals surface area contributed by atoms with E-state index in [1.54, 1.807) is 0 Å². The van der Waals surface area contributed by atoms with Crippen LogP contribution in [0.4, 0.5) is 0 Å². The summed E-state index contributed by atoms with van der Waals surface area (Å²) in [5.41, 5.74) is 0. The second-order valence-electron chi connectivity index (χ2n) is 3.64. The van der Waals surface area contributed by atoms with Crippen molar-refractivity contribution in [3.05, 3.63) is 0 Å². The van der Waals surface area contributed by atoms with Gasteiger partial charge in [-0.05, 0) is 45.3 Å². The largest absolute Gasteiger partial charge is 0.317 e. The average molecular weight is 170 g/mol. The molecule has 0 atom stereocenters. The third kappa shape index (κ3) is 5.56. The van der Waals surface area contributed by atoms with Crippen molar-refractivity contribution in [2.45, 2.75) is 45.1 Å². The van der Waals surface area contributed by atoms with Crippen LogP contribution in [0.2, 0.25) is 0 Å². The first-order chi connectivity index (χ1) is 5.93. The molecule has 1 aliphatic rings. The second kappa shape index (κ2) is 6.44. The zero-order valence-corrected chi connectivity index (χ0v) is 8.23. The third-order valence-corrected chi connectivity index (χ3v) is 2.29. The van der Waals surface area contributed by atoms with Gasteiger partial charge < -0.3 is 10.6 Å². The molecule has 0 saturated heterocycles. The highest BCUT2D eigenvalue weighted by Crippen LogP contribution is 2.18. The Hall–Kier alpha value is -0.0800. The first-order valence-electron chi connectivity index (χ1n) is 5.37. The molecule has 2 N–H and O–H groups in total. The van der Waals surface area contributed by atoms with Crippen LogP contribution in [0.1, 0.15) is 39.0 Å². The van der Waals surface area contributed by atoms with E-state index in [-0.39, 0.29) is 0 Å².